The zero-order valence-electron chi connectivity index (χ0n) is 29.2. The van der Waals surface area contributed by atoms with Crippen molar-refractivity contribution in [3.63, 3.8) is 0 Å². The molecular formula is C43H42FNO7S2. The smallest absolute Gasteiger partial charge is 0.141 e. The Morgan fingerprint density at radius 2 is 1.39 bits per heavy atom. The fraction of sp³-hybridized carbons (Fsp3) is 0.279. The molecule has 5 aromatic carbocycles. The number of ether oxygens (including phenoxy) is 1. The van der Waals surface area contributed by atoms with Gasteiger partial charge in [-0.05, 0) is 83.0 Å². The predicted octanol–water partition coefficient (Wildman–Crippen LogP) is 7.23. The molecule has 54 heavy (non-hydrogen) atoms. The van der Waals surface area contributed by atoms with E-state index < -0.39 is 43.2 Å². The van der Waals surface area contributed by atoms with Crippen LogP contribution in [0.15, 0.2) is 121 Å². The molecule has 0 aromatic heterocycles. The highest BCUT2D eigenvalue weighted by atomic mass is 32.2. The molecule has 2 saturated heterocycles. The van der Waals surface area contributed by atoms with Crippen LogP contribution >= 0.6 is 24.0 Å². The summed E-state index contributed by atoms with van der Waals surface area (Å²) in [6.45, 7) is -0.509. The maximum atomic E-state index is 13.5. The Morgan fingerprint density at radius 3 is 2.06 bits per heavy atom. The normalized spacial score (nSPS) is 24.8. The van der Waals surface area contributed by atoms with Gasteiger partial charge < -0.3 is 40.3 Å². The van der Waals surface area contributed by atoms with Gasteiger partial charge in [0, 0.05) is 16.5 Å². The fourth-order valence-electron chi connectivity index (χ4n) is 7.38. The zero-order valence-corrected chi connectivity index (χ0v) is 30.9. The summed E-state index contributed by atoms with van der Waals surface area (Å²) >= 11 is 7.57. The second kappa shape index (κ2) is 16.7. The lowest BCUT2D eigenvalue weighted by Gasteiger charge is -2.40. The van der Waals surface area contributed by atoms with Gasteiger partial charge in [-0.2, -0.15) is 0 Å². The van der Waals surface area contributed by atoms with Crippen LogP contribution in [-0.2, 0) is 4.74 Å². The van der Waals surface area contributed by atoms with E-state index in [0.717, 1.165) is 27.9 Å². The molecular weight excluding hydrogens is 726 g/mol. The van der Waals surface area contributed by atoms with E-state index in [2.05, 4.69) is 29.2 Å². The van der Waals surface area contributed by atoms with Crippen LogP contribution in [0.1, 0.15) is 54.2 Å². The standard InChI is InChI=1S/C43H42FNO7S2/c44-31-18-13-28(14-19-31)34(47)7-4-8-37-38(45(43(53)54-37)32-20-15-26(16-21-32)25-5-2-1-3-6-25)33-22-17-30(23-35(33)48)27-9-11-29(12-10-27)42-41(51)40(50)39(49)36(24-46)52-42/h1-3,5-6,9-23,34,36-42,46-51H,4,7-8,24H2/t34?,36-,37-,38-,39-,40+,41-,42+/m1/s1. The van der Waals surface area contributed by atoms with Crippen LogP contribution in [-0.4, -0.2) is 71.2 Å². The van der Waals surface area contributed by atoms with Gasteiger partial charge in [-0.1, -0.05) is 115 Å². The van der Waals surface area contributed by atoms with Crippen molar-refractivity contribution in [2.24, 2.45) is 0 Å². The highest BCUT2D eigenvalue weighted by molar-refractivity contribution is 8.24. The molecule has 0 aliphatic carbocycles. The molecule has 0 saturated carbocycles. The number of aliphatic hydroxyl groups is 5. The van der Waals surface area contributed by atoms with E-state index in [1.54, 1.807) is 42.1 Å². The highest BCUT2D eigenvalue weighted by Gasteiger charge is 2.44. The van der Waals surface area contributed by atoms with Crippen molar-refractivity contribution in [2.75, 3.05) is 11.5 Å². The number of hydrogen-bond acceptors (Lipinski definition) is 9. The van der Waals surface area contributed by atoms with Crippen molar-refractivity contribution in [3.05, 3.63) is 144 Å². The third-order valence-corrected chi connectivity index (χ3v) is 12.0. The fourth-order valence-corrected chi connectivity index (χ4v) is 9.24. The molecule has 0 bridgehead atoms. The van der Waals surface area contributed by atoms with E-state index in [0.29, 0.717) is 40.3 Å². The molecule has 11 heteroatoms. The van der Waals surface area contributed by atoms with Gasteiger partial charge in [0.1, 0.15) is 46.4 Å². The van der Waals surface area contributed by atoms with Crippen LogP contribution < -0.4 is 4.90 Å². The summed E-state index contributed by atoms with van der Waals surface area (Å²) in [5.41, 5.74) is 6.56. The van der Waals surface area contributed by atoms with Crippen molar-refractivity contribution in [1.82, 2.24) is 0 Å². The summed E-state index contributed by atoms with van der Waals surface area (Å²) in [6, 6.07) is 36.7. The van der Waals surface area contributed by atoms with Crippen LogP contribution in [0.25, 0.3) is 22.3 Å². The summed E-state index contributed by atoms with van der Waals surface area (Å²) in [7, 11) is 0. The van der Waals surface area contributed by atoms with Gasteiger partial charge in [0.15, 0.2) is 0 Å². The lowest BCUT2D eigenvalue weighted by Crippen LogP contribution is -2.55. The molecule has 8 nitrogen and oxygen atoms in total. The average molecular weight is 768 g/mol. The lowest BCUT2D eigenvalue weighted by atomic mass is 9.90. The number of rotatable bonds is 11. The second-order valence-corrected chi connectivity index (χ2v) is 15.7. The largest absolute Gasteiger partial charge is 0.508 e. The highest BCUT2D eigenvalue weighted by Crippen LogP contribution is 2.49. The summed E-state index contributed by atoms with van der Waals surface area (Å²) in [5.74, 6) is -0.250. The number of nitrogens with zero attached hydrogens (tertiary/aromatic N) is 1. The van der Waals surface area contributed by atoms with Gasteiger partial charge in [0.2, 0.25) is 0 Å². The number of thioether (sulfide) groups is 1. The Balaban J connectivity index is 1.14. The molecule has 6 N–H and O–H groups in total. The molecule has 7 rings (SSSR count). The van der Waals surface area contributed by atoms with E-state index in [1.807, 2.05) is 54.6 Å². The Labute approximate surface area is 323 Å². The maximum Gasteiger partial charge on any atom is 0.141 e. The van der Waals surface area contributed by atoms with Crippen LogP contribution in [0.4, 0.5) is 10.1 Å². The number of hydrogen-bond donors (Lipinski definition) is 6. The van der Waals surface area contributed by atoms with E-state index in [9.17, 15) is 35.0 Å². The summed E-state index contributed by atoms with van der Waals surface area (Å²) < 4.78 is 19.9. The molecule has 2 aliphatic rings. The summed E-state index contributed by atoms with van der Waals surface area (Å²) in [6.07, 6.45) is -5.13. The van der Waals surface area contributed by atoms with Crippen LogP contribution in [0, 0.1) is 5.82 Å². The third-order valence-electron chi connectivity index (χ3n) is 10.4. The zero-order chi connectivity index (χ0) is 37.9. The van der Waals surface area contributed by atoms with Crippen molar-refractivity contribution < 1.29 is 39.8 Å². The van der Waals surface area contributed by atoms with Crippen molar-refractivity contribution >= 4 is 34.0 Å². The van der Waals surface area contributed by atoms with E-state index >= 15 is 0 Å². The number of aromatic hydroxyl groups is 1. The minimum Gasteiger partial charge on any atom is -0.508 e. The first-order valence-corrected chi connectivity index (χ1v) is 19.2. The van der Waals surface area contributed by atoms with Gasteiger partial charge in [-0.3, -0.25) is 0 Å². The maximum absolute atomic E-state index is 13.5. The van der Waals surface area contributed by atoms with Crippen LogP contribution in [0.2, 0.25) is 0 Å². The van der Waals surface area contributed by atoms with E-state index in [1.165, 1.54) is 12.1 Å². The Hall–Kier alpha value is -4.17. The molecule has 2 aliphatic heterocycles. The molecule has 0 spiro atoms. The third kappa shape index (κ3) is 7.95. The van der Waals surface area contributed by atoms with Gasteiger partial charge in [0.05, 0.1) is 18.8 Å². The molecule has 280 valence electrons. The van der Waals surface area contributed by atoms with Gasteiger partial charge in [0.25, 0.3) is 0 Å². The van der Waals surface area contributed by atoms with Crippen molar-refractivity contribution in [1.29, 1.82) is 0 Å². The number of phenolic OH excluding ortho intramolecular Hbond substituents is 1. The van der Waals surface area contributed by atoms with Gasteiger partial charge in [-0.25, -0.2) is 4.39 Å². The number of halogens is 1. The first-order chi connectivity index (χ1) is 26.1. The topological polar surface area (TPSA) is 134 Å². The number of benzene rings is 5. The average Bonchev–Trinajstić information content (AvgIpc) is 3.52. The van der Waals surface area contributed by atoms with Gasteiger partial charge in [-0.15, -0.1) is 0 Å². The molecule has 1 unspecified atom stereocenters. The first kappa shape index (κ1) is 38.1. The SMILES string of the molecule is OC[C@H]1O[C@@H](c2ccc(-c3ccc([C@@H]4[C@@H](CCCC(O)c5ccc(F)cc5)SC(=S)N4c4ccc(-c5ccccc5)cc4)c(O)c3)cc2)[C@H](O)[C@@H](O)[C@@H]1O. The number of phenols is 1. The molecule has 8 atom stereocenters. The summed E-state index contributed by atoms with van der Waals surface area (Å²) in [4.78, 5) is 2.10. The molecule has 0 amide bonds. The van der Waals surface area contributed by atoms with E-state index in [4.69, 9.17) is 17.0 Å². The minimum absolute atomic E-state index is 0.0405. The molecule has 2 heterocycles. The predicted molar refractivity (Wildman–Crippen MR) is 213 cm³/mol. The molecule has 2 fully saturated rings. The van der Waals surface area contributed by atoms with E-state index in [-0.39, 0.29) is 22.9 Å². The monoisotopic (exact) mass is 767 g/mol. The minimum atomic E-state index is -1.48. The second-order valence-electron chi connectivity index (χ2n) is 13.8. The molecule has 5 aromatic rings. The number of thiocarbonyl (C=S) groups is 1. The van der Waals surface area contributed by atoms with Crippen LogP contribution in [0.3, 0.4) is 0 Å². The first-order valence-electron chi connectivity index (χ1n) is 18.0. The Morgan fingerprint density at radius 1 is 0.759 bits per heavy atom. The summed E-state index contributed by atoms with van der Waals surface area (Å²) in [5, 5.41) is 63.1. The number of aliphatic hydroxyl groups excluding tert-OH is 5. The van der Waals surface area contributed by atoms with Crippen LogP contribution in [0.5, 0.6) is 5.75 Å². The Kier molecular flexibility index (Phi) is 11.8. The van der Waals surface area contributed by atoms with Crippen molar-refractivity contribution in [2.45, 2.75) is 67.2 Å². The molecule has 0 radical (unpaired) electrons. The van der Waals surface area contributed by atoms with Crippen molar-refractivity contribution in [3.8, 4) is 28.0 Å². The number of anilines is 1. The Bertz CT molecular complexity index is 2030. The quantitative estimate of drug-likeness (QED) is 0.0765. The lowest BCUT2D eigenvalue weighted by molar-refractivity contribution is -0.231. The van der Waals surface area contributed by atoms with Gasteiger partial charge >= 0.3 is 0 Å².